The molecule has 1 aliphatic heterocycles. The van der Waals surface area contributed by atoms with Crippen LogP contribution < -0.4 is 16.6 Å². The van der Waals surface area contributed by atoms with Crippen LogP contribution in [0.4, 0.5) is 5.69 Å². The lowest BCUT2D eigenvalue weighted by Crippen LogP contribution is -2.38. The fraction of sp³-hybridized carbons (Fsp3) is 0.450. The molecule has 1 fully saturated rings. The van der Waals surface area contributed by atoms with Gasteiger partial charge in [0.05, 0.1) is 13.2 Å². The summed E-state index contributed by atoms with van der Waals surface area (Å²) in [5, 5.41) is 11.6. The van der Waals surface area contributed by atoms with Gasteiger partial charge in [-0.25, -0.2) is 9.78 Å². The number of rotatable bonds is 6. The first-order valence-corrected chi connectivity index (χ1v) is 9.99. The molecule has 4 rings (SSSR count). The molecule has 0 saturated carbocycles. The lowest BCUT2D eigenvalue weighted by molar-refractivity contribution is 0.0378. The summed E-state index contributed by atoms with van der Waals surface area (Å²) < 4.78 is 7.65. The maximum Gasteiger partial charge on any atom is 0.332 e. The highest BCUT2D eigenvalue weighted by Crippen LogP contribution is 2.18. The molecule has 3 heterocycles. The van der Waals surface area contributed by atoms with E-state index >= 15 is 0 Å². The number of fused-ring (bicyclic) bond motifs is 1. The first-order chi connectivity index (χ1) is 14.5. The van der Waals surface area contributed by atoms with E-state index < -0.39 is 11.2 Å². The van der Waals surface area contributed by atoms with E-state index in [-0.39, 0.29) is 11.2 Å². The molecule has 1 aromatic carbocycles. The lowest BCUT2D eigenvalue weighted by Gasteiger charge is -2.26. The van der Waals surface area contributed by atoms with E-state index in [0.717, 1.165) is 61.6 Å². The third-order valence-electron chi connectivity index (χ3n) is 5.29. The highest BCUT2D eigenvalue weighted by molar-refractivity contribution is 5.71. The summed E-state index contributed by atoms with van der Waals surface area (Å²) in [6, 6.07) is 7.69. The third-order valence-corrected chi connectivity index (χ3v) is 5.29. The molecule has 2 aromatic heterocycles. The number of nitrogens with one attached hydrogen (secondary N) is 1. The fourth-order valence-electron chi connectivity index (χ4n) is 3.47. The van der Waals surface area contributed by atoms with E-state index in [2.05, 4.69) is 25.4 Å². The zero-order chi connectivity index (χ0) is 21.1. The number of aromatic nitrogens is 5. The van der Waals surface area contributed by atoms with E-state index in [1.165, 1.54) is 11.6 Å². The smallest absolute Gasteiger partial charge is 0.332 e. The van der Waals surface area contributed by atoms with Crippen LogP contribution in [0.15, 0.2) is 33.9 Å². The Balaban J connectivity index is 1.44. The predicted octanol–water partition coefficient (Wildman–Crippen LogP) is 0.223. The molecule has 10 heteroatoms. The fourth-order valence-corrected chi connectivity index (χ4v) is 3.47. The number of aryl methyl sites for hydroxylation is 1. The van der Waals surface area contributed by atoms with Gasteiger partial charge in [-0.15, -0.1) is 10.2 Å². The summed E-state index contributed by atoms with van der Waals surface area (Å²) in [5.74, 6) is 0.345. The van der Waals surface area contributed by atoms with Gasteiger partial charge in [0.15, 0.2) is 17.0 Å². The second-order valence-electron chi connectivity index (χ2n) is 7.33. The van der Waals surface area contributed by atoms with Gasteiger partial charge >= 0.3 is 5.69 Å². The minimum absolute atomic E-state index is 0.120. The first kappa shape index (κ1) is 20.2. The molecular weight excluding hydrogens is 386 g/mol. The van der Waals surface area contributed by atoms with Gasteiger partial charge < -0.3 is 10.1 Å². The number of anilines is 1. The summed E-state index contributed by atoms with van der Waals surface area (Å²) in [6.07, 6.45) is 1.06. The standard InChI is InChI=1S/C20H25N7O3/c1-25-18-16(19(28)26(2)20(25)29)22-17(23-24-18)14-4-6-15(7-5-14)21-8-3-9-27-10-12-30-13-11-27/h4-7,21H,3,8-13H2,1-2H3. The zero-order valence-corrected chi connectivity index (χ0v) is 17.2. The molecule has 0 unspecified atom stereocenters. The Kier molecular flexibility index (Phi) is 5.86. The Hall–Kier alpha value is -3.11. The number of benzene rings is 1. The Bertz CT molecular complexity index is 1150. The summed E-state index contributed by atoms with van der Waals surface area (Å²) in [4.78, 5) is 31.2. The number of nitrogens with zero attached hydrogens (tertiary/aromatic N) is 6. The van der Waals surface area contributed by atoms with Crippen LogP contribution in [0, 0.1) is 0 Å². The molecule has 0 atom stereocenters. The molecule has 0 bridgehead atoms. The van der Waals surface area contributed by atoms with Crippen LogP contribution in [-0.2, 0) is 18.8 Å². The quantitative estimate of drug-likeness (QED) is 0.574. The number of hydrogen-bond acceptors (Lipinski definition) is 8. The maximum atomic E-state index is 12.4. The van der Waals surface area contributed by atoms with E-state index in [1.54, 1.807) is 7.05 Å². The molecule has 3 aromatic rings. The SMILES string of the molecule is Cn1c(=O)c2nc(-c3ccc(NCCCN4CCOCC4)cc3)nnc2n(C)c1=O. The van der Waals surface area contributed by atoms with Crippen LogP contribution in [0.3, 0.4) is 0 Å². The van der Waals surface area contributed by atoms with E-state index in [0.29, 0.717) is 5.82 Å². The van der Waals surface area contributed by atoms with Crippen molar-refractivity contribution in [2.75, 3.05) is 44.7 Å². The van der Waals surface area contributed by atoms with Crippen molar-refractivity contribution in [2.24, 2.45) is 14.1 Å². The van der Waals surface area contributed by atoms with Gasteiger partial charge in [0.1, 0.15) is 0 Å². The van der Waals surface area contributed by atoms with Gasteiger partial charge in [-0.1, -0.05) is 0 Å². The van der Waals surface area contributed by atoms with E-state index in [4.69, 9.17) is 4.74 Å². The van der Waals surface area contributed by atoms with Gasteiger partial charge in [-0.05, 0) is 37.2 Å². The van der Waals surface area contributed by atoms with Gasteiger partial charge in [0.25, 0.3) is 5.56 Å². The highest BCUT2D eigenvalue weighted by Gasteiger charge is 2.14. The second kappa shape index (κ2) is 8.72. The summed E-state index contributed by atoms with van der Waals surface area (Å²) in [7, 11) is 2.96. The van der Waals surface area contributed by atoms with Crippen molar-refractivity contribution < 1.29 is 4.74 Å². The number of morpholine rings is 1. The minimum atomic E-state index is -0.484. The molecule has 158 valence electrons. The van der Waals surface area contributed by atoms with Crippen LogP contribution in [0.25, 0.3) is 22.6 Å². The van der Waals surface area contributed by atoms with Crippen LogP contribution in [0.1, 0.15) is 6.42 Å². The largest absolute Gasteiger partial charge is 0.385 e. The molecule has 1 N–H and O–H groups in total. The van der Waals surface area contributed by atoms with Gasteiger partial charge in [-0.3, -0.25) is 18.8 Å². The zero-order valence-electron chi connectivity index (χ0n) is 17.2. The Morgan fingerprint density at radius 2 is 1.77 bits per heavy atom. The normalized spacial score (nSPS) is 14.9. The van der Waals surface area contributed by atoms with Crippen LogP contribution in [-0.4, -0.2) is 68.6 Å². The topological polar surface area (TPSA) is 107 Å². The first-order valence-electron chi connectivity index (χ1n) is 9.99. The summed E-state index contributed by atoms with van der Waals surface area (Å²) in [6.45, 7) is 5.60. The Labute approximate surface area is 173 Å². The Morgan fingerprint density at radius 3 is 2.50 bits per heavy atom. The van der Waals surface area contributed by atoms with Crippen LogP contribution >= 0.6 is 0 Å². The number of hydrogen-bond donors (Lipinski definition) is 1. The molecule has 1 aliphatic rings. The van der Waals surface area contributed by atoms with Crippen molar-refractivity contribution in [1.29, 1.82) is 0 Å². The molecule has 10 nitrogen and oxygen atoms in total. The van der Waals surface area contributed by atoms with Gasteiger partial charge in [0, 0.05) is 45.0 Å². The van der Waals surface area contributed by atoms with Gasteiger partial charge in [-0.2, -0.15) is 0 Å². The van der Waals surface area contributed by atoms with E-state index in [9.17, 15) is 9.59 Å². The molecule has 0 spiro atoms. The van der Waals surface area contributed by atoms with Crippen molar-refractivity contribution in [1.82, 2.24) is 29.2 Å². The average Bonchev–Trinajstić information content (AvgIpc) is 2.80. The second-order valence-corrected chi connectivity index (χ2v) is 7.33. The van der Waals surface area contributed by atoms with Crippen molar-refractivity contribution in [3.05, 3.63) is 45.1 Å². The molecule has 0 amide bonds. The molecule has 0 aliphatic carbocycles. The third kappa shape index (κ3) is 4.10. The lowest BCUT2D eigenvalue weighted by atomic mass is 10.2. The minimum Gasteiger partial charge on any atom is -0.385 e. The van der Waals surface area contributed by atoms with Crippen molar-refractivity contribution in [3.8, 4) is 11.4 Å². The van der Waals surface area contributed by atoms with Crippen LogP contribution in [0.2, 0.25) is 0 Å². The highest BCUT2D eigenvalue weighted by atomic mass is 16.5. The summed E-state index contributed by atoms with van der Waals surface area (Å²) in [5.41, 5.74) is 1.11. The van der Waals surface area contributed by atoms with E-state index in [1.807, 2.05) is 24.3 Å². The molecule has 30 heavy (non-hydrogen) atoms. The van der Waals surface area contributed by atoms with Crippen LogP contribution in [0.5, 0.6) is 0 Å². The molecule has 1 saturated heterocycles. The Morgan fingerprint density at radius 1 is 1.03 bits per heavy atom. The molecular formula is C20H25N7O3. The molecule has 0 radical (unpaired) electrons. The van der Waals surface area contributed by atoms with Crippen molar-refractivity contribution in [3.63, 3.8) is 0 Å². The van der Waals surface area contributed by atoms with Crippen molar-refractivity contribution >= 4 is 16.9 Å². The number of ether oxygens (including phenoxy) is 1. The van der Waals surface area contributed by atoms with Gasteiger partial charge in [0.2, 0.25) is 0 Å². The van der Waals surface area contributed by atoms with Crippen molar-refractivity contribution in [2.45, 2.75) is 6.42 Å². The predicted molar refractivity (Wildman–Crippen MR) is 114 cm³/mol. The monoisotopic (exact) mass is 411 g/mol. The summed E-state index contributed by atoms with van der Waals surface area (Å²) >= 11 is 0. The maximum absolute atomic E-state index is 12.4. The average molecular weight is 411 g/mol.